The van der Waals surface area contributed by atoms with Crippen molar-refractivity contribution >= 4 is 17.5 Å². The maximum absolute atomic E-state index is 12.5. The smallest absolute Gasteiger partial charge is 0.255 e. The van der Waals surface area contributed by atoms with Gasteiger partial charge in [-0.05, 0) is 17.7 Å². The molecule has 0 atom stereocenters. The third-order valence-corrected chi connectivity index (χ3v) is 4.20. The Kier molecular flexibility index (Phi) is 4.79. The molecule has 1 aliphatic heterocycles. The molecule has 1 fully saturated rings. The van der Waals surface area contributed by atoms with Crippen LogP contribution in [0.3, 0.4) is 0 Å². The fourth-order valence-corrected chi connectivity index (χ4v) is 2.74. The second-order valence-electron chi connectivity index (χ2n) is 5.38. The summed E-state index contributed by atoms with van der Waals surface area (Å²) in [5.41, 5.74) is 1.18. The highest BCUT2D eigenvalue weighted by Crippen LogP contribution is 2.16. The van der Waals surface area contributed by atoms with Gasteiger partial charge in [-0.2, -0.15) is 0 Å². The molecule has 1 aromatic heterocycles. The molecule has 2 aromatic rings. The normalized spacial score (nSPS) is 14.7. The Morgan fingerprint density at radius 3 is 2.61 bits per heavy atom. The van der Waals surface area contributed by atoms with Crippen LogP contribution >= 0.6 is 11.6 Å². The van der Waals surface area contributed by atoms with Crippen LogP contribution in [0.5, 0.6) is 0 Å². The number of nitrogens with zero attached hydrogens (tertiary/aromatic N) is 2. The molecule has 0 spiro atoms. The highest BCUT2D eigenvalue weighted by atomic mass is 35.5. The first-order chi connectivity index (χ1) is 11.1. The third kappa shape index (κ3) is 3.63. The molecule has 0 N–H and O–H groups in total. The number of morpholine rings is 1. The fraction of sp³-hybridized carbons (Fsp3) is 0.294. The molecule has 0 bridgehead atoms. The van der Waals surface area contributed by atoms with Crippen LogP contribution < -0.4 is 5.56 Å². The van der Waals surface area contributed by atoms with E-state index in [1.807, 2.05) is 18.2 Å². The van der Waals surface area contributed by atoms with Gasteiger partial charge in [0.05, 0.1) is 25.3 Å². The highest BCUT2D eigenvalue weighted by Gasteiger charge is 2.19. The number of halogens is 1. The number of amides is 1. The average molecular weight is 333 g/mol. The molecule has 0 unspecified atom stereocenters. The van der Waals surface area contributed by atoms with E-state index in [1.165, 1.54) is 10.6 Å². The number of hydrogen-bond donors (Lipinski definition) is 0. The Morgan fingerprint density at radius 1 is 1.13 bits per heavy atom. The summed E-state index contributed by atoms with van der Waals surface area (Å²) in [7, 11) is 0. The quantitative estimate of drug-likeness (QED) is 0.864. The summed E-state index contributed by atoms with van der Waals surface area (Å²) in [6.07, 6.45) is 1.60. The van der Waals surface area contributed by atoms with E-state index in [0.29, 0.717) is 43.4 Å². The molecule has 6 heteroatoms. The molecular weight excluding hydrogens is 316 g/mol. The second-order valence-corrected chi connectivity index (χ2v) is 5.79. The standard InChI is InChI=1S/C17H17ClN2O3/c18-15-4-2-1-3-13(15)11-20-12-14(5-6-16(20)21)17(22)19-7-9-23-10-8-19/h1-6,12H,7-11H2. The van der Waals surface area contributed by atoms with Gasteiger partial charge in [0.25, 0.3) is 11.5 Å². The number of ether oxygens (including phenoxy) is 1. The molecule has 120 valence electrons. The minimum Gasteiger partial charge on any atom is -0.378 e. The molecule has 23 heavy (non-hydrogen) atoms. The van der Waals surface area contributed by atoms with E-state index in [4.69, 9.17) is 16.3 Å². The Balaban J connectivity index is 1.85. The van der Waals surface area contributed by atoms with Gasteiger partial charge < -0.3 is 14.2 Å². The first-order valence-electron chi connectivity index (χ1n) is 7.46. The lowest BCUT2D eigenvalue weighted by Crippen LogP contribution is -2.41. The highest BCUT2D eigenvalue weighted by molar-refractivity contribution is 6.31. The van der Waals surface area contributed by atoms with E-state index < -0.39 is 0 Å². The summed E-state index contributed by atoms with van der Waals surface area (Å²) in [5.74, 6) is -0.0822. The van der Waals surface area contributed by atoms with Crippen LogP contribution in [0.1, 0.15) is 15.9 Å². The zero-order chi connectivity index (χ0) is 16.2. The minimum absolute atomic E-state index is 0.0822. The number of rotatable bonds is 3. The van der Waals surface area contributed by atoms with E-state index in [9.17, 15) is 9.59 Å². The van der Waals surface area contributed by atoms with Gasteiger partial charge in [-0.15, -0.1) is 0 Å². The number of aromatic nitrogens is 1. The van der Waals surface area contributed by atoms with Crippen molar-refractivity contribution in [3.05, 3.63) is 69.1 Å². The van der Waals surface area contributed by atoms with E-state index in [2.05, 4.69) is 0 Å². The summed E-state index contributed by atoms with van der Waals surface area (Å²) in [4.78, 5) is 26.3. The van der Waals surface area contributed by atoms with Crippen molar-refractivity contribution in [3.63, 3.8) is 0 Å². The van der Waals surface area contributed by atoms with Gasteiger partial charge in [0.2, 0.25) is 0 Å². The summed E-state index contributed by atoms with van der Waals surface area (Å²) < 4.78 is 6.77. The molecule has 1 amide bonds. The molecule has 1 aliphatic rings. The van der Waals surface area contributed by atoms with E-state index in [1.54, 1.807) is 23.2 Å². The zero-order valence-corrected chi connectivity index (χ0v) is 13.3. The number of carbonyl (C=O) groups excluding carboxylic acids is 1. The Morgan fingerprint density at radius 2 is 1.87 bits per heavy atom. The van der Waals surface area contributed by atoms with Crippen molar-refractivity contribution in [2.75, 3.05) is 26.3 Å². The van der Waals surface area contributed by atoms with Crippen molar-refractivity contribution in [1.82, 2.24) is 9.47 Å². The molecule has 0 aliphatic carbocycles. The lowest BCUT2D eigenvalue weighted by atomic mass is 10.2. The second kappa shape index (κ2) is 6.98. The lowest BCUT2D eigenvalue weighted by molar-refractivity contribution is 0.0302. The molecule has 3 rings (SSSR count). The van der Waals surface area contributed by atoms with Crippen LogP contribution in [0.15, 0.2) is 47.4 Å². The van der Waals surface area contributed by atoms with Gasteiger partial charge in [-0.3, -0.25) is 9.59 Å². The molecular formula is C17H17ClN2O3. The van der Waals surface area contributed by atoms with E-state index >= 15 is 0 Å². The van der Waals surface area contributed by atoms with Crippen LogP contribution in [0, 0.1) is 0 Å². The van der Waals surface area contributed by atoms with Crippen LogP contribution in [0.4, 0.5) is 0 Å². The summed E-state index contributed by atoms with van der Waals surface area (Å²) >= 11 is 6.15. The monoisotopic (exact) mass is 332 g/mol. The van der Waals surface area contributed by atoms with Crippen LogP contribution in [0.25, 0.3) is 0 Å². The molecule has 0 saturated carbocycles. The van der Waals surface area contributed by atoms with Gasteiger partial charge in [0, 0.05) is 30.4 Å². The van der Waals surface area contributed by atoms with Crippen molar-refractivity contribution in [2.24, 2.45) is 0 Å². The predicted octanol–water partition coefficient (Wildman–Crippen LogP) is 2.02. The summed E-state index contributed by atoms with van der Waals surface area (Å²) in [5, 5.41) is 0.601. The number of pyridine rings is 1. The Labute approximate surface area is 139 Å². The molecule has 5 nitrogen and oxygen atoms in total. The average Bonchev–Trinajstić information content (AvgIpc) is 2.59. The van der Waals surface area contributed by atoms with Crippen LogP contribution in [0.2, 0.25) is 5.02 Å². The number of hydrogen-bond acceptors (Lipinski definition) is 3. The number of benzene rings is 1. The van der Waals surface area contributed by atoms with Crippen molar-refractivity contribution < 1.29 is 9.53 Å². The maximum atomic E-state index is 12.5. The first kappa shape index (κ1) is 15.8. The Bertz CT molecular complexity index is 766. The SMILES string of the molecule is O=C(c1ccc(=O)n(Cc2ccccc2Cl)c1)N1CCOCC1. The largest absolute Gasteiger partial charge is 0.378 e. The first-order valence-corrected chi connectivity index (χ1v) is 7.84. The lowest BCUT2D eigenvalue weighted by Gasteiger charge is -2.27. The number of carbonyl (C=O) groups is 1. The van der Waals surface area contributed by atoms with Crippen molar-refractivity contribution in [3.8, 4) is 0 Å². The van der Waals surface area contributed by atoms with Crippen LogP contribution in [-0.2, 0) is 11.3 Å². The summed E-state index contributed by atoms with van der Waals surface area (Å²) in [6, 6.07) is 10.4. The third-order valence-electron chi connectivity index (χ3n) is 3.83. The molecule has 1 aromatic carbocycles. The summed E-state index contributed by atoms with van der Waals surface area (Å²) in [6.45, 7) is 2.57. The topological polar surface area (TPSA) is 51.5 Å². The van der Waals surface area contributed by atoms with Gasteiger partial charge in [0.1, 0.15) is 0 Å². The van der Waals surface area contributed by atoms with Gasteiger partial charge >= 0.3 is 0 Å². The zero-order valence-electron chi connectivity index (χ0n) is 12.6. The van der Waals surface area contributed by atoms with E-state index in [-0.39, 0.29) is 11.5 Å². The van der Waals surface area contributed by atoms with Crippen molar-refractivity contribution in [2.45, 2.75) is 6.54 Å². The molecule has 0 radical (unpaired) electrons. The molecule has 1 saturated heterocycles. The van der Waals surface area contributed by atoms with Gasteiger partial charge in [-0.25, -0.2) is 0 Å². The van der Waals surface area contributed by atoms with E-state index in [0.717, 1.165) is 5.56 Å². The van der Waals surface area contributed by atoms with Gasteiger partial charge in [-0.1, -0.05) is 29.8 Å². The van der Waals surface area contributed by atoms with Crippen LogP contribution in [-0.4, -0.2) is 41.7 Å². The van der Waals surface area contributed by atoms with Crippen molar-refractivity contribution in [1.29, 1.82) is 0 Å². The molecule has 2 heterocycles. The predicted molar refractivity (Wildman–Crippen MR) is 88.0 cm³/mol. The Hall–Kier alpha value is -2.11. The van der Waals surface area contributed by atoms with Gasteiger partial charge in [0.15, 0.2) is 0 Å². The minimum atomic E-state index is -0.163. The maximum Gasteiger partial charge on any atom is 0.255 e. The fourth-order valence-electron chi connectivity index (χ4n) is 2.54.